The van der Waals surface area contributed by atoms with Crippen molar-refractivity contribution in [2.45, 2.75) is 31.8 Å². The molecular formula is C13H16N2O. The molecule has 84 valence electrons. The molecule has 1 aromatic rings. The molecule has 16 heavy (non-hydrogen) atoms. The molecule has 0 bridgehead atoms. The molecule has 1 heterocycles. The lowest BCUT2D eigenvalue weighted by Gasteiger charge is -2.28. The average Bonchev–Trinajstić information content (AvgIpc) is 2.36. The molecular weight excluding hydrogens is 200 g/mol. The van der Waals surface area contributed by atoms with Crippen LogP contribution in [0.25, 0.3) is 0 Å². The molecule has 0 aromatic heterocycles. The zero-order valence-corrected chi connectivity index (χ0v) is 9.44. The minimum atomic E-state index is -0.0730. The van der Waals surface area contributed by atoms with E-state index in [0.29, 0.717) is 0 Å². The summed E-state index contributed by atoms with van der Waals surface area (Å²) in [5.41, 5.74) is 1.17. The van der Waals surface area contributed by atoms with E-state index in [1.165, 1.54) is 5.56 Å². The van der Waals surface area contributed by atoms with Crippen LogP contribution in [0, 0.1) is 11.3 Å². The van der Waals surface area contributed by atoms with Crippen LogP contribution >= 0.6 is 0 Å². The zero-order chi connectivity index (χ0) is 11.4. The first-order valence-corrected chi connectivity index (χ1v) is 5.72. The van der Waals surface area contributed by atoms with Gasteiger partial charge in [-0.05, 0) is 12.5 Å². The van der Waals surface area contributed by atoms with Gasteiger partial charge >= 0.3 is 0 Å². The Labute approximate surface area is 96.0 Å². The molecule has 1 aromatic carbocycles. The first-order chi connectivity index (χ1) is 7.85. The SMILES string of the molecule is CCC(C#N)NC1CCOc2ccccc21. The number of hydrogen-bond donors (Lipinski definition) is 1. The monoisotopic (exact) mass is 216 g/mol. The fraction of sp³-hybridized carbons (Fsp3) is 0.462. The lowest BCUT2D eigenvalue weighted by molar-refractivity contribution is 0.248. The van der Waals surface area contributed by atoms with Gasteiger partial charge < -0.3 is 4.74 Å². The van der Waals surface area contributed by atoms with Crippen LogP contribution in [0.4, 0.5) is 0 Å². The standard InChI is InChI=1S/C13H16N2O/c1-2-10(9-14)15-12-7-8-16-13-6-4-3-5-11(12)13/h3-6,10,12,15H,2,7-8H2,1H3. The van der Waals surface area contributed by atoms with Crippen LogP contribution in [0.3, 0.4) is 0 Å². The van der Waals surface area contributed by atoms with Crippen molar-refractivity contribution in [3.05, 3.63) is 29.8 Å². The van der Waals surface area contributed by atoms with Gasteiger partial charge in [0.15, 0.2) is 0 Å². The van der Waals surface area contributed by atoms with Crippen molar-refractivity contribution in [1.29, 1.82) is 5.26 Å². The minimum Gasteiger partial charge on any atom is -0.493 e. The van der Waals surface area contributed by atoms with Gasteiger partial charge in [-0.25, -0.2) is 0 Å². The van der Waals surface area contributed by atoms with Crippen LogP contribution in [0.2, 0.25) is 0 Å². The van der Waals surface area contributed by atoms with Crippen molar-refractivity contribution < 1.29 is 4.74 Å². The van der Waals surface area contributed by atoms with E-state index in [4.69, 9.17) is 10.00 Å². The normalized spacial score (nSPS) is 20.4. The lowest BCUT2D eigenvalue weighted by Crippen LogP contribution is -2.34. The van der Waals surface area contributed by atoms with Gasteiger partial charge in [-0.2, -0.15) is 5.26 Å². The summed E-state index contributed by atoms with van der Waals surface area (Å²) in [6.07, 6.45) is 1.76. The highest BCUT2D eigenvalue weighted by molar-refractivity contribution is 5.37. The smallest absolute Gasteiger partial charge is 0.124 e. The average molecular weight is 216 g/mol. The molecule has 2 rings (SSSR count). The molecule has 1 N–H and O–H groups in total. The van der Waals surface area contributed by atoms with Crippen molar-refractivity contribution in [3.63, 3.8) is 0 Å². The number of rotatable bonds is 3. The fourth-order valence-electron chi connectivity index (χ4n) is 2.00. The molecule has 0 radical (unpaired) electrons. The number of para-hydroxylation sites is 1. The van der Waals surface area contributed by atoms with Gasteiger partial charge in [0.05, 0.1) is 18.7 Å². The Morgan fingerprint density at radius 3 is 3.12 bits per heavy atom. The number of hydrogen-bond acceptors (Lipinski definition) is 3. The third-order valence-electron chi connectivity index (χ3n) is 2.92. The molecule has 0 saturated heterocycles. The molecule has 1 aliphatic rings. The highest BCUT2D eigenvalue weighted by Crippen LogP contribution is 2.31. The van der Waals surface area contributed by atoms with Crippen molar-refractivity contribution in [2.75, 3.05) is 6.61 Å². The van der Waals surface area contributed by atoms with Crippen molar-refractivity contribution in [1.82, 2.24) is 5.32 Å². The second-order valence-electron chi connectivity index (χ2n) is 3.98. The Balaban J connectivity index is 2.16. The summed E-state index contributed by atoms with van der Waals surface area (Å²) in [5, 5.41) is 12.3. The van der Waals surface area contributed by atoms with Crippen LogP contribution in [0.15, 0.2) is 24.3 Å². The minimum absolute atomic E-state index is 0.0730. The molecule has 3 nitrogen and oxygen atoms in total. The maximum absolute atomic E-state index is 8.96. The Kier molecular flexibility index (Phi) is 3.43. The first kappa shape index (κ1) is 11.0. The van der Waals surface area contributed by atoms with Gasteiger partial charge in [0.2, 0.25) is 0 Å². The Morgan fingerprint density at radius 2 is 2.38 bits per heavy atom. The molecule has 0 aliphatic carbocycles. The van der Waals surface area contributed by atoms with Crippen LogP contribution in [-0.2, 0) is 0 Å². The summed E-state index contributed by atoms with van der Waals surface area (Å²) in [5.74, 6) is 0.944. The molecule has 2 atom stereocenters. The van der Waals surface area contributed by atoms with Gasteiger partial charge in [-0.15, -0.1) is 0 Å². The van der Waals surface area contributed by atoms with Gasteiger partial charge in [-0.1, -0.05) is 25.1 Å². The number of nitriles is 1. The van der Waals surface area contributed by atoms with Gasteiger partial charge in [0.1, 0.15) is 5.75 Å². The summed E-state index contributed by atoms with van der Waals surface area (Å²) in [4.78, 5) is 0. The maximum Gasteiger partial charge on any atom is 0.124 e. The predicted molar refractivity (Wildman–Crippen MR) is 62.1 cm³/mol. The number of benzene rings is 1. The van der Waals surface area contributed by atoms with E-state index in [1.54, 1.807) is 0 Å². The summed E-state index contributed by atoms with van der Waals surface area (Å²) in [7, 11) is 0. The van der Waals surface area contributed by atoms with Crippen molar-refractivity contribution in [2.24, 2.45) is 0 Å². The van der Waals surface area contributed by atoms with E-state index in [9.17, 15) is 0 Å². The predicted octanol–water partition coefficient (Wildman–Crippen LogP) is 2.40. The molecule has 0 saturated carbocycles. The fourth-order valence-corrected chi connectivity index (χ4v) is 2.00. The largest absolute Gasteiger partial charge is 0.493 e. The second kappa shape index (κ2) is 5.00. The van der Waals surface area contributed by atoms with Crippen molar-refractivity contribution >= 4 is 0 Å². The van der Waals surface area contributed by atoms with Gasteiger partial charge in [-0.3, -0.25) is 5.32 Å². The second-order valence-corrected chi connectivity index (χ2v) is 3.98. The highest BCUT2D eigenvalue weighted by atomic mass is 16.5. The van der Waals surface area contributed by atoms with Gasteiger partial charge in [0, 0.05) is 18.0 Å². The summed E-state index contributed by atoms with van der Waals surface area (Å²) in [6.45, 7) is 2.74. The van der Waals surface area contributed by atoms with E-state index in [-0.39, 0.29) is 12.1 Å². The Morgan fingerprint density at radius 1 is 1.56 bits per heavy atom. The Hall–Kier alpha value is -1.53. The molecule has 0 amide bonds. The zero-order valence-electron chi connectivity index (χ0n) is 9.44. The van der Waals surface area contributed by atoms with E-state index in [2.05, 4.69) is 17.5 Å². The van der Waals surface area contributed by atoms with Crippen LogP contribution in [0.1, 0.15) is 31.4 Å². The van der Waals surface area contributed by atoms with E-state index >= 15 is 0 Å². The van der Waals surface area contributed by atoms with E-state index in [0.717, 1.165) is 25.2 Å². The number of nitrogens with one attached hydrogen (secondary N) is 1. The number of nitrogens with zero attached hydrogens (tertiary/aromatic N) is 1. The maximum atomic E-state index is 8.96. The third kappa shape index (κ3) is 2.17. The summed E-state index contributed by atoms with van der Waals surface area (Å²) < 4.78 is 5.58. The molecule has 0 spiro atoms. The van der Waals surface area contributed by atoms with Gasteiger partial charge in [0.25, 0.3) is 0 Å². The highest BCUT2D eigenvalue weighted by Gasteiger charge is 2.22. The molecule has 0 fully saturated rings. The van der Waals surface area contributed by atoms with Crippen LogP contribution in [-0.4, -0.2) is 12.6 Å². The quantitative estimate of drug-likeness (QED) is 0.843. The Bertz CT molecular complexity index is 397. The van der Waals surface area contributed by atoms with Crippen LogP contribution < -0.4 is 10.1 Å². The molecule has 1 aliphatic heterocycles. The van der Waals surface area contributed by atoms with Crippen molar-refractivity contribution in [3.8, 4) is 11.8 Å². The molecule has 2 unspecified atom stereocenters. The number of fused-ring (bicyclic) bond motifs is 1. The lowest BCUT2D eigenvalue weighted by atomic mass is 9.99. The van der Waals surface area contributed by atoms with E-state index < -0.39 is 0 Å². The number of ether oxygens (including phenoxy) is 1. The topological polar surface area (TPSA) is 45.0 Å². The third-order valence-corrected chi connectivity index (χ3v) is 2.92. The van der Waals surface area contributed by atoms with Crippen LogP contribution in [0.5, 0.6) is 5.75 Å². The summed E-state index contributed by atoms with van der Waals surface area (Å²) in [6, 6.07) is 10.5. The van der Waals surface area contributed by atoms with E-state index in [1.807, 2.05) is 25.1 Å². The molecule has 3 heteroatoms. The first-order valence-electron chi connectivity index (χ1n) is 5.72. The summed E-state index contributed by atoms with van der Waals surface area (Å²) >= 11 is 0.